The molecule has 0 radical (unpaired) electrons. The van der Waals surface area contributed by atoms with Gasteiger partial charge in [0.2, 0.25) is 5.95 Å². The quantitative estimate of drug-likeness (QED) is 0.782. The third kappa shape index (κ3) is 3.99. The van der Waals surface area contributed by atoms with Crippen molar-refractivity contribution < 1.29 is 13.9 Å². The van der Waals surface area contributed by atoms with Crippen LogP contribution in [0.3, 0.4) is 0 Å². The highest BCUT2D eigenvalue weighted by Crippen LogP contribution is 2.38. The van der Waals surface area contributed by atoms with E-state index in [2.05, 4.69) is 35.2 Å². The molecule has 2 atom stereocenters. The minimum absolute atomic E-state index is 0.138. The maximum absolute atomic E-state index is 13.2. The van der Waals surface area contributed by atoms with Gasteiger partial charge in [-0.2, -0.15) is 4.39 Å². The summed E-state index contributed by atoms with van der Waals surface area (Å²) in [5, 5.41) is 5.15. The van der Waals surface area contributed by atoms with Crippen LogP contribution in [0.2, 0.25) is 0 Å². The molecule has 26 heavy (non-hydrogen) atoms. The van der Waals surface area contributed by atoms with Gasteiger partial charge in [-0.25, -0.2) is 9.97 Å². The highest BCUT2D eigenvalue weighted by molar-refractivity contribution is 7.14. The molecule has 1 aliphatic carbocycles. The lowest BCUT2D eigenvalue weighted by Gasteiger charge is -2.26. The fourth-order valence-corrected chi connectivity index (χ4v) is 3.83. The minimum Gasteiger partial charge on any atom is -0.494 e. The van der Waals surface area contributed by atoms with Gasteiger partial charge in [0, 0.05) is 29.1 Å². The summed E-state index contributed by atoms with van der Waals surface area (Å²) in [6.07, 6.45) is 5.39. The number of hydrogen-bond acceptors (Lipinski definition) is 5. The van der Waals surface area contributed by atoms with Crippen LogP contribution in [0.1, 0.15) is 42.7 Å². The number of hydrogen-bond donors (Lipinski definition) is 1. The summed E-state index contributed by atoms with van der Waals surface area (Å²) in [7, 11) is 0. The molecule has 136 valence electrons. The van der Waals surface area contributed by atoms with Gasteiger partial charge in [0.05, 0.1) is 12.3 Å². The zero-order chi connectivity index (χ0) is 18.7. The summed E-state index contributed by atoms with van der Waals surface area (Å²) in [6.45, 7) is 6.78. The molecule has 0 spiro atoms. The van der Waals surface area contributed by atoms with Crippen LogP contribution in [-0.4, -0.2) is 22.5 Å². The van der Waals surface area contributed by atoms with E-state index < -0.39 is 11.9 Å². The Labute approximate surface area is 155 Å². The van der Waals surface area contributed by atoms with E-state index >= 15 is 0 Å². The van der Waals surface area contributed by atoms with Crippen LogP contribution < -0.4 is 5.32 Å². The monoisotopic (exact) mass is 373 g/mol. The van der Waals surface area contributed by atoms with Crippen LogP contribution in [0.15, 0.2) is 47.2 Å². The van der Waals surface area contributed by atoms with Gasteiger partial charge >= 0.3 is 0 Å². The number of carbonyl (C=O) groups is 1. The van der Waals surface area contributed by atoms with E-state index in [1.807, 2.05) is 18.4 Å². The van der Waals surface area contributed by atoms with E-state index in [4.69, 9.17) is 4.74 Å². The topological polar surface area (TPSA) is 64.1 Å². The summed E-state index contributed by atoms with van der Waals surface area (Å²) in [5.74, 6) is 0.166. The highest BCUT2D eigenvalue weighted by Gasteiger charge is 2.26. The van der Waals surface area contributed by atoms with Gasteiger partial charge in [-0.3, -0.25) is 10.1 Å². The van der Waals surface area contributed by atoms with Crippen molar-refractivity contribution in [3.05, 3.63) is 64.4 Å². The Balaban J connectivity index is 1.74. The number of thiazole rings is 1. The first-order valence-corrected chi connectivity index (χ1v) is 9.27. The van der Waals surface area contributed by atoms with Crippen molar-refractivity contribution in [3.63, 3.8) is 0 Å². The van der Waals surface area contributed by atoms with Gasteiger partial charge in [0.1, 0.15) is 5.76 Å². The van der Waals surface area contributed by atoms with Crippen molar-refractivity contribution in [1.82, 2.24) is 9.97 Å². The molecule has 0 aromatic carbocycles. The van der Waals surface area contributed by atoms with Gasteiger partial charge in [0.25, 0.3) is 5.91 Å². The first-order chi connectivity index (χ1) is 12.5. The zero-order valence-electron chi connectivity index (χ0n) is 14.8. The van der Waals surface area contributed by atoms with Crippen molar-refractivity contribution in [2.45, 2.75) is 26.7 Å². The number of ether oxygens (including phenoxy) is 1. The number of pyridine rings is 1. The fourth-order valence-electron chi connectivity index (χ4n) is 3.09. The van der Waals surface area contributed by atoms with E-state index in [0.29, 0.717) is 11.7 Å². The third-order valence-corrected chi connectivity index (χ3v) is 4.95. The largest absolute Gasteiger partial charge is 0.494 e. The maximum atomic E-state index is 13.2. The molecule has 0 bridgehead atoms. The summed E-state index contributed by atoms with van der Waals surface area (Å²) in [5.41, 5.74) is 2.28. The van der Waals surface area contributed by atoms with Crippen LogP contribution >= 0.6 is 11.3 Å². The molecular weight excluding hydrogens is 353 g/mol. The SMILES string of the molecule is CCOC1=CC(C)C(c2csc(NC(=O)c3ccnc(F)c3)n2)C(C)=C1. The Bertz CT molecular complexity index is 875. The van der Waals surface area contributed by atoms with Crippen LogP contribution in [0.4, 0.5) is 9.52 Å². The number of amides is 1. The lowest BCUT2D eigenvalue weighted by Crippen LogP contribution is -2.16. The molecule has 2 aromatic heterocycles. The molecule has 0 fully saturated rings. The van der Waals surface area contributed by atoms with Crippen LogP contribution in [0.5, 0.6) is 0 Å². The average molecular weight is 373 g/mol. The Hall–Kier alpha value is -2.54. The molecule has 0 saturated carbocycles. The van der Waals surface area contributed by atoms with Gasteiger partial charge in [0.15, 0.2) is 5.13 Å². The number of aromatic nitrogens is 2. The number of nitrogens with zero attached hydrogens (tertiary/aromatic N) is 2. The summed E-state index contributed by atoms with van der Waals surface area (Å²) in [4.78, 5) is 20.2. The van der Waals surface area contributed by atoms with Crippen molar-refractivity contribution >= 4 is 22.4 Å². The normalized spacial score (nSPS) is 19.5. The number of anilines is 1. The molecular formula is C19H20FN3O2S. The van der Waals surface area contributed by atoms with Crippen LogP contribution in [-0.2, 0) is 4.74 Å². The van der Waals surface area contributed by atoms with Gasteiger partial charge < -0.3 is 4.74 Å². The molecule has 2 aromatic rings. The first kappa shape index (κ1) is 18.3. The second-order valence-electron chi connectivity index (χ2n) is 6.13. The van der Waals surface area contributed by atoms with Gasteiger partial charge in [-0.15, -0.1) is 11.3 Å². The summed E-state index contributed by atoms with van der Waals surface area (Å²) in [6, 6.07) is 2.56. The second kappa shape index (κ2) is 7.78. The lowest BCUT2D eigenvalue weighted by atomic mass is 9.81. The number of rotatable bonds is 5. The summed E-state index contributed by atoms with van der Waals surface area (Å²) >= 11 is 1.35. The van der Waals surface area contributed by atoms with Gasteiger partial charge in [-0.1, -0.05) is 12.5 Å². The molecule has 2 unspecified atom stereocenters. The smallest absolute Gasteiger partial charge is 0.257 e. The van der Waals surface area contributed by atoms with E-state index in [1.165, 1.54) is 29.2 Å². The predicted molar refractivity (Wildman–Crippen MR) is 99.6 cm³/mol. The van der Waals surface area contributed by atoms with Crippen molar-refractivity contribution in [3.8, 4) is 0 Å². The second-order valence-corrected chi connectivity index (χ2v) is 6.98. The molecule has 1 amide bonds. The standard InChI is InChI=1S/C19H20FN3O2S/c1-4-25-14-7-11(2)17(12(3)8-14)15-10-26-19(22-15)23-18(24)13-5-6-21-16(20)9-13/h5-11,17H,4H2,1-3H3,(H,22,23,24). The molecule has 0 saturated heterocycles. The fraction of sp³-hybridized carbons (Fsp3) is 0.316. The van der Waals surface area contributed by atoms with Crippen LogP contribution in [0.25, 0.3) is 0 Å². The van der Waals surface area contributed by atoms with E-state index in [1.54, 1.807) is 0 Å². The number of nitrogens with one attached hydrogen (secondary N) is 1. The molecule has 3 rings (SSSR count). The van der Waals surface area contributed by atoms with Gasteiger partial charge in [-0.05, 0) is 38.0 Å². The lowest BCUT2D eigenvalue weighted by molar-refractivity contribution is 0.102. The van der Waals surface area contributed by atoms with Crippen LogP contribution in [0, 0.1) is 11.9 Å². The third-order valence-electron chi connectivity index (χ3n) is 4.17. The highest BCUT2D eigenvalue weighted by atomic mass is 32.1. The van der Waals surface area contributed by atoms with E-state index in [9.17, 15) is 9.18 Å². The zero-order valence-corrected chi connectivity index (χ0v) is 15.6. The first-order valence-electron chi connectivity index (χ1n) is 8.39. The number of carbonyl (C=O) groups excluding carboxylic acids is 1. The maximum Gasteiger partial charge on any atom is 0.257 e. The van der Waals surface area contributed by atoms with Crippen molar-refractivity contribution in [2.24, 2.45) is 5.92 Å². The molecule has 5 nitrogen and oxygen atoms in total. The van der Waals surface area contributed by atoms with Crippen molar-refractivity contribution in [1.29, 1.82) is 0 Å². The molecule has 7 heteroatoms. The molecule has 1 N–H and O–H groups in total. The Morgan fingerprint density at radius 3 is 2.96 bits per heavy atom. The molecule has 0 aliphatic heterocycles. The average Bonchev–Trinajstić information content (AvgIpc) is 3.02. The number of halogens is 1. The Morgan fingerprint density at radius 1 is 1.46 bits per heavy atom. The Kier molecular flexibility index (Phi) is 5.46. The van der Waals surface area contributed by atoms with E-state index in [0.717, 1.165) is 17.5 Å². The predicted octanol–water partition coefficient (Wildman–Crippen LogP) is 4.53. The van der Waals surface area contributed by atoms with Crippen molar-refractivity contribution in [2.75, 3.05) is 11.9 Å². The molecule has 1 aliphatic rings. The Morgan fingerprint density at radius 2 is 2.27 bits per heavy atom. The molecule has 2 heterocycles. The number of allylic oxidation sites excluding steroid dienone is 3. The summed E-state index contributed by atoms with van der Waals surface area (Å²) < 4.78 is 18.8. The van der Waals surface area contributed by atoms with E-state index in [-0.39, 0.29) is 17.4 Å². The minimum atomic E-state index is -0.689.